The zero-order valence-corrected chi connectivity index (χ0v) is 16.7. The Morgan fingerprint density at radius 1 is 1.37 bits per heavy atom. The molecule has 2 aromatic rings. The van der Waals surface area contributed by atoms with Gasteiger partial charge < -0.3 is 15.2 Å². The molecule has 0 fully saturated rings. The number of fused-ring (bicyclic) bond motifs is 1. The number of hydrogen-bond donors (Lipinski definition) is 2. The molecule has 0 amide bonds. The minimum atomic E-state index is -0.995. The summed E-state index contributed by atoms with van der Waals surface area (Å²) in [6.45, 7) is 3.33. The standard InChI is InChI=1S/C19H24ClN6O/c1-12-11-13(16(21)15(20)18(12)27)23-17-14-7-5-6-9-25(14)24-19(17)22-8-10-26(2,3)4/h5-7,9,11,15,21H,8,10H2,1-4H3,(H,22,24)/q+1. The molecule has 0 saturated heterocycles. The van der Waals surface area contributed by atoms with Gasteiger partial charge in [-0.25, -0.2) is 9.51 Å². The third-order valence-electron chi connectivity index (χ3n) is 4.32. The van der Waals surface area contributed by atoms with E-state index in [0.29, 0.717) is 22.8 Å². The molecule has 0 aliphatic heterocycles. The fraction of sp³-hybridized carbons (Fsp3) is 0.368. The number of halogens is 1. The fourth-order valence-corrected chi connectivity index (χ4v) is 3.04. The number of likely N-dealkylation sites (N-methyl/N-ethyl adjacent to an activating group) is 1. The van der Waals surface area contributed by atoms with Gasteiger partial charge in [0.25, 0.3) is 0 Å². The lowest BCUT2D eigenvalue weighted by molar-refractivity contribution is -0.868. The highest BCUT2D eigenvalue weighted by Crippen LogP contribution is 2.31. The van der Waals surface area contributed by atoms with Gasteiger partial charge in [0.05, 0.1) is 51.2 Å². The van der Waals surface area contributed by atoms with Crippen molar-refractivity contribution in [1.29, 1.82) is 5.41 Å². The number of aromatic nitrogens is 2. The van der Waals surface area contributed by atoms with Gasteiger partial charge in [0.2, 0.25) is 0 Å². The van der Waals surface area contributed by atoms with Crippen LogP contribution in [0.25, 0.3) is 5.52 Å². The maximum absolute atomic E-state index is 12.0. The first-order chi connectivity index (χ1) is 12.7. The predicted octanol–water partition coefficient (Wildman–Crippen LogP) is 2.68. The van der Waals surface area contributed by atoms with Crippen molar-refractivity contribution in [2.75, 3.05) is 39.5 Å². The second-order valence-corrected chi connectivity index (χ2v) is 8.07. The Bertz CT molecular complexity index is 966. The van der Waals surface area contributed by atoms with Crippen molar-refractivity contribution in [2.24, 2.45) is 4.99 Å². The van der Waals surface area contributed by atoms with Crippen LogP contribution >= 0.6 is 11.6 Å². The molecule has 0 bridgehead atoms. The van der Waals surface area contributed by atoms with E-state index >= 15 is 0 Å². The Morgan fingerprint density at radius 3 is 2.81 bits per heavy atom. The van der Waals surface area contributed by atoms with Crippen molar-refractivity contribution < 1.29 is 9.28 Å². The van der Waals surface area contributed by atoms with Gasteiger partial charge in [-0.15, -0.1) is 16.7 Å². The molecule has 2 N–H and O–H groups in total. The van der Waals surface area contributed by atoms with E-state index in [-0.39, 0.29) is 11.5 Å². The molecule has 27 heavy (non-hydrogen) atoms. The number of aliphatic imine (C=N–C) groups is 1. The highest BCUT2D eigenvalue weighted by Gasteiger charge is 2.30. The second-order valence-electron chi connectivity index (χ2n) is 7.63. The summed E-state index contributed by atoms with van der Waals surface area (Å²) in [5.74, 6) is 0.394. The zero-order valence-electron chi connectivity index (χ0n) is 16.0. The number of allylic oxidation sites excluding steroid dienone is 2. The molecule has 1 aliphatic rings. The normalized spacial score (nSPS) is 19.7. The Labute approximate surface area is 163 Å². The van der Waals surface area contributed by atoms with Crippen LogP contribution in [-0.2, 0) is 4.79 Å². The van der Waals surface area contributed by atoms with Crippen LogP contribution in [0.15, 0.2) is 41.0 Å². The van der Waals surface area contributed by atoms with Crippen molar-refractivity contribution in [3.05, 3.63) is 36.0 Å². The van der Waals surface area contributed by atoms with Crippen LogP contribution in [0, 0.1) is 5.41 Å². The number of alkyl halides is 1. The van der Waals surface area contributed by atoms with Crippen LogP contribution in [-0.4, -0.2) is 70.9 Å². The first kappa shape index (κ1) is 19.3. The van der Waals surface area contributed by atoms with Gasteiger partial charge in [-0.1, -0.05) is 6.07 Å². The Kier molecular flexibility index (Phi) is 5.17. The number of pyridine rings is 1. The first-order valence-electron chi connectivity index (χ1n) is 8.73. The summed E-state index contributed by atoms with van der Waals surface area (Å²) in [5.41, 5.74) is 2.36. The van der Waals surface area contributed by atoms with Gasteiger partial charge in [-0.2, -0.15) is 0 Å². The Hall–Kier alpha value is -2.51. The lowest BCUT2D eigenvalue weighted by Crippen LogP contribution is -2.38. The molecule has 2 heterocycles. The molecule has 1 aliphatic carbocycles. The highest BCUT2D eigenvalue weighted by atomic mass is 35.5. The largest absolute Gasteiger partial charge is 0.361 e. The van der Waals surface area contributed by atoms with Crippen LogP contribution in [0.1, 0.15) is 6.92 Å². The van der Waals surface area contributed by atoms with Gasteiger partial charge >= 0.3 is 0 Å². The van der Waals surface area contributed by atoms with Crippen LogP contribution in [0.4, 0.5) is 11.5 Å². The molecule has 0 spiro atoms. The molecular weight excluding hydrogens is 364 g/mol. The SMILES string of the molecule is CC1=CC(=Nc2c(NCC[N+](C)(C)C)nn3ccccc23)C(=N)C(Cl)C1=O. The van der Waals surface area contributed by atoms with E-state index in [9.17, 15) is 4.79 Å². The van der Waals surface area contributed by atoms with E-state index in [1.54, 1.807) is 17.5 Å². The highest BCUT2D eigenvalue weighted by molar-refractivity contribution is 6.63. The summed E-state index contributed by atoms with van der Waals surface area (Å²) in [6, 6.07) is 5.73. The molecule has 8 heteroatoms. The Morgan fingerprint density at radius 2 is 2.11 bits per heavy atom. The second kappa shape index (κ2) is 7.25. The smallest absolute Gasteiger partial charge is 0.182 e. The van der Waals surface area contributed by atoms with Gasteiger partial charge in [0.1, 0.15) is 11.1 Å². The van der Waals surface area contributed by atoms with E-state index in [1.165, 1.54) is 0 Å². The number of quaternary nitrogens is 1. The van der Waals surface area contributed by atoms with Crippen LogP contribution < -0.4 is 5.32 Å². The lowest BCUT2D eigenvalue weighted by Gasteiger charge is -2.23. The van der Waals surface area contributed by atoms with Gasteiger partial charge in [-0.05, 0) is 30.7 Å². The van der Waals surface area contributed by atoms with E-state index < -0.39 is 5.38 Å². The van der Waals surface area contributed by atoms with Crippen LogP contribution in [0.2, 0.25) is 0 Å². The minimum absolute atomic E-state index is 0.0138. The van der Waals surface area contributed by atoms with Gasteiger partial charge in [-0.3, -0.25) is 4.79 Å². The lowest BCUT2D eigenvalue weighted by atomic mass is 9.95. The fourth-order valence-electron chi connectivity index (χ4n) is 2.75. The molecule has 1 atom stereocenters. The summed E-state index contributed by atoms with van der Waals surface area (Å²) in [7, 11) is 6.38. The van der Waals surface area contributed by atoms with Crippen molar-refractivity contribution in [2.45, 2.75) is 12.3 Å². The quantitative estimate of drug-likeness (QED) is 0.611. The van der Waals surface area contributed by atoms with Gasteiger partial charge in [0, 0.05) is 6.20 Å². The molecule has 3 rings (SSSR count). The first-order valence-corrected chi connectivity index (χ1v) is 9.17. The molecule has 0 radical (unpaired) electrons. The van der Waals surface area contributed by atoms with Crippen molar-refractivity contribution in [3.63, 3.8) is 0 Å². The number of hydrogen-bond acceptors (Lipinski definition) is 5. The molecule has 142 valence electrons. The molecule has 0 aromatic carbocycles. The average Bonchev–Trinajstić information content (AvgIpc) is 2.94. The average molecular weight is 388 g/mol. The number of Topliss-reactive ketones (excluding diaryl/α,β-unsaturated/α-hetero) is 1. The van der Waals surface area contributed by atoms with E-state index in [0.717, 1.165) is 23.1 Å². The predicted molar refractivity (Wildman–Crippen MR) is 110 cm³/mol. The zero-order chi connectivity index (χ0) is 19.8. The van der Waals surface area contributed by atoms with Crippen LogP contribution in [0.3, 0.4) is 0 Å². The molecule has 2 aromatic heterocycles. The number of ketones is 1. The summed E-state index contributed by atoms with van der Waals surface area (Å²) < 4.78 is 2.58. The number of nitrogens with one attached hydrogen (secondary N) is 2. The number of nitrogens with zero attached hydrogens (tertiary/aromatic N) is 4. The summed E-state index contributed by atoms with van der Waals surface area (Å²) in [4.78, 5) is 16.6. The molecular formula is C19H24ClN6O+. The number of anilines is 1. The summed E-state index contributed by atoms with van der Waals surface area (Å²) in [5, 5.41) is 15.1. The monoisotopic (exact) mass is 387 g/mol. The van der Waals surface area contributed by atoms with E-state index in [1.807, 2.05) is 24.4 Å². The molecule has 0 saturated carbocycles. The third-order valence-corrected chi connectivity index (χ3v) is 4.74. The number of carbonyl (C=O) groups excluding carboxylic acids is 1. The molecule has 1 unspecified atom stereocenters. The number of carbonyl (C=O) groups is 1. The number of rotatable bonds is 5. The Balaban J connectivity index is 2.03. The van der Waals surface area contributed by atoms with Crippen molar-refractivity contribution in [3.8, 4) is 0 Å². The van der Waals surface area contributed by atoms with E-state index in [2.05, 4.69) is 36.6 Å². The topological polar surface area (TPSA) is 82.6 Å². The summed E-state index contributed by atoms with van der Waals surface area (Å²) >= 11 is 6.10. The maximum Gasteiger partial charge on any atom is 0.182 e. The third kappa shape index (κ3) is 4.09. The van der Waals surface area contributed by atoms with Gasteiger partial charge in [0.15, 0.2) is 11.6 Å². The van der Waals surface area contributed by atoms with Crippen LogP contribution in [0.5, 0.6) is 0 Å². The maximum atomic E-state index is 12.0. The minimum Gasteiger partial charge on any atom is -0.361 e. The van der Waals surface area contributed by atoms with Crippen molar-refractivity contribution >= 4 is 45.8 Å². The van der Waals surface area contributed by atoms with E-state index in [4.69, 9.17) is 17.0 Å². The van der Waals surface area contributed by atoms with Crippen molar-refractivity contribution in [1.82, 2.24) is 9.61 Å². The summed E-state index contributed by atoms with van der Waals surface area (Å²) in [6.07, 6.45) is 3.47. The molecule has 7 nitrogen and oxygen atoms in total.